The number of nitrogens with zero attached hydrogens (tertiary/aromatic N) is 1. The molecular weight excluding hydrogens is 452 g/mol. The Balaban J connectivity index is 2.08. The van der Waals surface area contributed by atoms with Crippen LogP contribution in [0.1, 0.15) is 34.6 Å². The Morgan fingerprint density at radius 1 is 1.25 bits per heavy atom. The third kappa shape index (κ3) is 5.91. The number of nitrogens with one attached hydrogen (secondary N) is 1. The standard InChI is InChI=1S/C17H13BrF4N2O4/c1-8-13(5-10(18)7-23-8)15(25)27-16(26)24-9(2)12-6-11(3-4-14(12)19)28-17(20,21)22/h3-7,9H,1-2H3,(H,24,26)/t9-/m1/s1. The van der Waals surface area contributed by atoms with E-state index < -0.39 is 36.0 Å². The van der Waals surface area contributed by atoms with Gasteiger partial charge in [-0.1, -0.05) is 0 Å². The van der Waals surface area contributed by atoms with Gasteiger partial charge in [-0.15, -0.1) is 13.2 Å². The lowest BCUT2D eigenvalue weighted by Gasteiger charge is -2.16. The number of hydrogen-bond donors (Lipinski definition) is 1. The van der Waals surface area contributed by atoms with Crippen LogP contribution in [0.4, 0.5) is 22.4 Å². The summed E-state index contributed by atoms with van der Waals surface area (Å²) in [7, 11) is 0. The normalized spacial score (nSPS) is 12.2. The lowest BCUT2D eigenvalue weighted by molar-refractivity contribution is -0.274. The molecule has 0 bridgehead atoms. The largest absolute Gasteiger partial charge is 0.573 e. The molecule has 1 aromatic carbocycles. The maximum Gasteiger partial charge on any atom is 0.573 e. The molecule has 0 spiro atoms. The van der Waals surface area contributed by atoms with Crippen LogP contribution < -0.4 is 10.1 Å². The van der Waals surface area contributed by atoms with Gasteiger partial charge in [-0.25, -0.2) is 14.0 Å². The molecule has 6 nitrogen and oxygen atoms in total. The van der Waals surface area contributed by atoms with Gasteiger partial charge in [-0.3, -0.25) is 4.98 Å². The number of alkyl carbamates (subject to hydrolysis) is 1. The van der Waals surface area contributed by atoms with Crippen molar-refractivity contribution < 1.29 is 36.6 Å². The van der Waals surface area contributed by atoms with Gasteiger partial charge in [0.25, 0.3) is 0 Å². The highest BCUT2D eigenvalue weighted by molar-refractivity contribution is 9.10. The molecule has 0 fully saturated rings. The number of esters is 1. The molecule has 0 saturated heterocycles. The Kier molecular flexibility index (Phi) is 6.60. The first-order valence-electron chi connectivity index (χ1n) is 7.66. The maximum atomic E-state index is 13.9. The number of amides is 1. The highest BCUT2D eigenvalue weighted by Gasteiger charge is 2.31. The number of pyridine rings is 1. The topological polar surface area (TPSA) is 77.5 Å². The van der Waals surface area contributed by atoms with E-state index in [9.17, 15) is 27.2 Å². The number of aryl methyl sites for hydroxylation is 1. The minimum absolute atomic E-state index is 0.0314. The van der Waals surface area contributed by atoms with Crippen LogP contribution in [0, 0.1) is 12.7 Å². The lowest BCUT2D eigenvalue weighted by Crippen LogP contribution is -2.30. The Morgan fingerprint density at radius 3 is 2.57 bits per heavy atom. The van der Waals surface area contributed by atoms with E-state index in [1.807, 2.05) is 0 Å². The van der Waals surface area contributed by atoms with Gasteiger partial charge in [0.1, 0.15) is 11.6 Å². The van der Waals surface area contributed by atoms with Gasteiger partial charge in [0.05, 0.1) is 17.3 Å². The summed E-state index contributed by atoms with van der Waals surface area (Å²) in [5, 5.41) is 2.17. The average molecular weight is 465 g/mol. The van der Waals surface area contributed by atoms with Crippen LogP contribution in [0.2, 0.25) is 0 Å². The molecule has 0 unspecified atom stereocenters. The second-order valence-corrected chi connectivity index (χ2v) is 6.48. The summed E-state index contributed by atoms with van der Waals surface area (Å²) in [6, 6.07) is 2.64. The lowest BCUT2D eigenvalue weighted by atomic mass is 10.1. The maximum absolute atomic E-state index is 13.9. The van der Waals surface area contributed by atoms with Crippen LogP contribution >= 0.6 is 15.9 Å². The molecule has 0 aliphatic rings. The van der Waals surface area contributed by atoms with E-state index in [0.29, 0.717) is 10.2 Å². The molecule has 0 aliphatic heterocycles. The van der Waals surface area contributed by atoms with Crippen LogP contribution in [0.25, 0.3) is 0 Å². The van der Waals surface area contributed by atoms with Crippen LogP contribution in [0.3, 0.4) is 0 Å². The number of rotatable bonds is 4. The van der Waals surface area contributed by atoms with E-state index in [-0.39, 0.29) is 11.1 Å². The van der Waals surface area contributed by atoms with Crippen molar-refractivity contribution in [2.75, 3.05) is 0 Å². The Bertz CT molecular complexity index is 905. The van der Waals surface area contributed by atoms with E-state index in [1.54, 1.807) is 0 Å². The number of carbonyl (C=O) groups excluding carboxylic acids is 2. The van der Waals surface area contributed by atoms with Crippen molar-refractivity contribution in [1.29, 1.82) is 0 Å². The number of hydrogen-bond acceptors (Lipinski definition) is 5. The van der Waals surface area contributed by atoms with E-state index in [2.05, 4.69) is 35.7 Å². The van der Waals surface area contributed by atoms with Crippen LogP contribution in [-0.4, -0.2) is 23.4 Å². The van der Waals surface area contributed by atoms with Crippen molar-refractivity contribution in [3.63, 3.8) is 0 Å². The van der Waals surface area contributed by atoms with Gasteiger partial charge < -0.3 is 14.8 Å². The molecule has 1 heterocycles. The fourth-order valence-electron chi connectivity index (χ4n) is 2.19. The molecule has 1 amide bonds. The molecule has 11 heteroatoms. The molecular formula is C17H13BrF4N2O4. The van der Waals surface area contributed by atoms with Gasteiger partial charge in [-0.05, 0) is 54.0 Å². The third-order valence-electron chi connectivity index (χ3n) is 3.46. The molecule has 2 rings (SSSR count). The van der Waals surface area contributed by atoms with Crippen LogP contribution in [0.15, 0.2) is 34.9 Å². The van der Waals surface area contributed by atoms with Gasteiger partial charge in [-0.2, -0.15) is 0 Å². The fourth-order valence-corrected chi connectivity index (χ4v) is 2.52. The van der Waals surface area contributed by atoms with Gasteiger partial charge >= 0.3 is 18.4 Å². The van der Waals surface area contributed by atoms with Crippen molar-refractivity contribution in [3.8, 4) is 5.75 Å². The average Bonchev–Trinajstić information content (AvgIpc) is 2.57. The number of ether oxygens (including phenoxy) is 2. The summed E-state index contributed by atoms with van der Waals surface area (Å²) < 4.78 is 59.7. The van der Waals surface area contributed by atoms with E-state index in [1.165, 1.54) is 26.1 Å². The zero-order chi connectivity index (χ0) is 21.1. The first-order valence-corrected chi connectivity index (χ1v) is 8.45. The Morgan fingerprint density at radius 2 is 1.93 bits per heavy atom. The molecule has 28 heavy (non-hydrogen) atoms. The van der Waals surface area contributed by atoms with Crippen LogP contribution in [-0.2, 0) is 4.74 Å². The molecule has 0 aliphatic carbocycles. The second kappa shape index (κ2) is 8.55. The first kappa shape index (κ1) is 21.6. The SMILES string of the molecule is Cc1ncc(Br)cc1C(=O)OC(=O)N[C@H](C)c1cc(OC(F)(F)F)ccc1F. The number of alkyl halides is 3. The molecule has 0 saturated carbocycles. The first-order chi connectivity index (χ1) is 13.0. The predicted molar refractivity (Wildman–Crippen MR) is 92.1 cm³/mol. The number of aromatic nitrogens is 1. The van der Waals surface area contributed by atoms with Crippen LogP contribution in [0.5, 0.6) is 5.75 Å². The summed E-state index contributed by atoms with van der Waals surface area (Å²) in [5.41, 5.74) is 0.0625. The smallest absolute Gasteiger partial charge is 0.406 e. The molecule has 2 aromatic rings. The van der Waals surface area contributed by atoms with Crippen molar-refractivity contribution in [1.82, 2.24) is 10.3 Å². The van der Waals surface area contributed by atoms with Crippen molar-refractivity contribution >= 4 is 28.0 Å². The van der Waals surface area contributed by atoms with Crippen molar-refractivity contribution in [3.05, 3.63) is 57.6 Å². The highest BCUT2D eigenvalue weighted by Crippen LogP contribution is 2.27. The van der Waals surface area contributed by atoms with E-state index >= 15 is 0 Å². The summed E-state index contributed by atoms with van der Waals surface area (Å²) in [6.45, 7) is 2.83. The molecule has 1 N–H and O–H groups in total. The summed E-state index contributed by atoms with van der Waals surface area (Å²) >= 11 is 3.13. The predicted octanol–water partition coefficient (Wildman–Crippen LogP) is 4.82. The van der Waals surface area contributed by atoms with Crippen molar-refractivity contribution in [2.24, 2.45) is 0 Å². The number of carbonyl (C=O) groups is 2. The highest BCUT2D eigenvalue weighted by atomic mass is 79.9. The summed E-state index contributed by atoms with van der Waals surface area (Å²) in [6.07, 6.45) is -4.71. The molecule has 1 atom stereocenters. The van der Waals surface area contributed by atoms with Gasteiger partial charge in [0, 0.05) is 16.2 Å². The second-order valence-electron chi connectivity index (χ2n) is 5.56. The minimum atomic E-state index is -4.95. The fraction of sp³-hybridized carbons (Fsp3) is 0.235. The molecule has 150 valence electrons. The van der Waals surface area contributed by atoms with E-state index in [4.69, 9.17) is 0 Å². The Hall–Kier alpha value is -2.69. The van der Waals surface area contributed by atoms with Crippen molar-refractivity contribution in [2.45, 2.75) is 26.3 Å². The van der Waals surface area contributed by atoms with Gasteiger partial charge in [0.2, 0.25) is 0 Å². The zero-order valence-electron chi connectivity index (χ0n) is 14.4. The number of halogens is 5. The molecule has 1 aromatic heterocycles. The quantitative estimate of drug-likeness (QED) is 0.398. The summed E-state index contributed by atoms with van der Waals surface area (Å²) in [4.78, 5) is 27.9. The third-order valence-corrected chi connectivity index (χ3v) is 3.89. The minimum Gasteiger partial charge on any atom is -0.406 e. The number of benzene rings is 1. The molecule has 0 radical (unpaired) electrons. The van der Waals surface area contributed by atoms with Gasteiger partial charge in [0.15, 0.2) is 0 Å². The zero-order valence-corrected chi connectivity index (χ0v) is 16.0. The monoisotopic (exact) mass is 464 g/mol. The van der Waals surface area contributed by atoms with E-state index in [0.717, 1.165) is 18.2 Å². The summed E-state index contributed by atoms with van der Waals surface area (Å²) in [5.74, 6) is -2.52. The Labute approximate surface area is 165 Å².